The van der Waals surface area contributed by atoms with Crippen molar-refractivity contribution in [2.24, 2.45) is 0 Å². The van der Waals surface area contributed by atoms with E-state index in [1.165, 1.54) is 5.01 Å². The lowest BCUT2D eigenvalue weighted by molar-refractivity contribution is -0.140. The molecule has 3 rings (SSSR count). The second-order valence-electron chi connectivity index (χ2n) is 5.39. The van der Waals surface area contributed by atoms with Crippen molar-refractivity contribution in [3.8, 4) is 0 Å². The number of nitrogens with one attached hydrogen (secondary N) is 1. The van der Waals surface area contributed by atoms with E-state index in [0.29, 0.717) is 21.9 Å². The fourth-order valence-electron chi connectivity index (χ4n) is 2.57. The van der Waals surface area contributed by atoms with Gasteiger partial charge >= 0.3 is 11.9 Å². The Morgan fingerprint density at radius 1 is 1.12 bits per heavy atom. The smallest absolute Gasteiger partial charge is 0.357 e. The van der Waals surface area contributed by atoms with Crippen LogP contribution in [0, 0.1) is 0 Å². The summed E-state index contributed by atoms with van der Waals surface area (Å²) in [6.45, 7) is 3.67. The highest BCUT2D eigenvalue weighted by molar-refractivity contribution is 6.31. The highest BCUT2D eigenvalue weighted by Crippen LogP contribution is 2.32. The molecular formula is C17H17ClN4O4. The van der Waals surface area contributed by atoms with E-state index in [-0.39, 0.29) is 30.2 Å². The number of ether oxygens (including phenoxy) is 2. The van der Waals surface area contributed by atoms with Crippen LogP contribution in [0.3, 0.4) is 0 Å². The predicted octanol–water partition coefficient (Wildman–Crippen LogP) is 2.07. The average molecular weight is 377 g/mol. The summed E-state index contributed by atoms with van der Waals surface area (Å²) in [5.41, 5.74) is 4.09. The minimum atomic E-state index is -0.687. The van der Waals surface area contributed by atoms with Crippen molar-refractivity contribution >= 4 is 46.0 Å². The third-order valence-corrected chi connectivity index (χ3v) is 3.89. The normalized spacial score (nSPS) is 13.3. The Balaban J connectivity index is 2.27. The fourth-order valence-corrected chi connectivity index (χ4v) is 2.73. The van der Waals surface area contributed by atoms with Crippen molar-refractivity contribution in [1.29, 1.82) is 0 Å². The van der Waals surface area contributed by atoms with Gasteiger partial charge in [-0.15, -0.1) is 0 Å². The van der Waals surface area contributed by atoms with E-state index in [1.807, 2.05) is 0 Å². The number of rotatable bonds is 4. The molecule has 0 radical (unpaired) electrons. The lowest BCUT2D eigenvalue weighted by atomic mass is 10.1. The van der Waals surface area contributed by atoms with E-state index in [4.69, 9.17) is 21.1 Å². The number of carbonyl (C=O) groups excluding carboxylic acids is 2. The molecule has 2 heterocycles. The monoisotopic (exact) mass is 376 g/mol. The first-order chi connectivity index (χ1) is 12.5. The van der Waals surface area contributed by atoms with Gasteiger partial charge in [0, 0.05) is 12.1 Å². The van der Waals surface area contributed by atoms with Gasteiger partial charge in [0.1, 0.15) is 11.3 Å². The van der Waals surface area contributed by atoms with E-state index >= 15 is 0 Å². The van der Waals surface area contributed by atoms with Gasteiger partial charge in [0.15, 0.2) is 11.5 Å². The van der Waals surface area contributed by atoms with Crippen LogP contribution in [0.4, 0.5) is 5.82 Å². The summed E-state index contributed by atoms with van der Waals surface area (Å²) in [6, 6.07) is 5.07. The van der Waals surface area contributed by atoms with Gasteiger partial charge in [0.25, 0.3) is 0 Å². The minimum absolute atomic E-state index is 0.0206. The number of carbonyl (C=O) groups is 2. The van der Waals surface area contributed by atoms with Gasteiger partial charge < -0.3 is 9.47 Å². The van der Waals surface area contributed by atoms with Gasteiger partial charge in [-0.1, -0.05) is 11.6 Å². The van der Waals surface area contributed by atoms with Gasteiger partial charge in [-0.3, -0.25) is 10.4 Å². The summed E-state index contributed by atoms with van der Waals surface area (Å²) in [6.07, 6.45) is 0. The second-order valence-corrected chi connectivity index (χ2v) is 5.83. The zero-order valence-electron chi connectivity index (χ0n) is 14.5. The lowest BCUT2D eigenvalue weighted by Crippen LogP contribution is -2.43. The Bertz CT molecular complexity index is 928. The molecule has 0 amide bonds. The number of fused-ring (bicyclic) bond motifs is 2. The van der Waals surface area contributed by atoms with E-state index in [2.05, 4.69) is 15.4 Å². The molecule has 0 unspecified atom stereocenters. The van der Waals surface area contributed by atoms with Crippen LogP contribution in [0.2, 0.25) is 5.02 Å². The van der Waals surface area contributed by atoms with Gasteiger partial charge in [0.2, 0.25) is 0 Å². The van der Waals surface area contributed by atoms with Crippen LogP contribution in [0.25, 0.3) is 16.6 Å². The number of halogens is 1. The SMILES string of the molecule is CCOC(=O)C1=C(C(=O)OCC)c2nc3cc(Cl)ccc3nc2N(C)N1. The Labute approximate surface area is 154 Å². The van der Waals surface area contributed by atoms with E-state index in [9.17, 15) is 9.59 Å². The number of benzene rings is 1. The molecule has 26 heavy (non-hydrogen) atoms. The lowest BCUT2D eigenvalue weighted by Gasteiger charge is -2.29. The van der Waals surface area contributed by atoms with E-state index < -0.39 is 11.9 Å². The molecule has 0 saturated carbocycles. The number of hydrogen-bond acceptors (Lipinski definition) is 8. The van der Waals surface area contributed by atoms with E-state index in [1.54, 1.807) is 39.1 Å². The molecule has 1 aromatic carbocycles. The minimum Gasteiger partial charge on any atom is -0.462 e. The van der Waals surface area contributed by atoms with Crippen molar-refractivity contribution in [2.75, 3.05) is 25.3 Å². The Hall–Kier alpha value is -2.87. The fraction of sp³-hybridized carbons (Fsp3) is 0.294. The molecule has 0 saturated heterocycles. The highest BCUT2D eigenvalue weighted by atomic mass is 35.5. The van der Waals surface area contributed by atoms with Crippen molar-refractivity contribution in [3.05, 3.63) is 34.6 Å². The average Bonchev–Trinajstić information content (AvgIpc) is 2.60. The molecule has 9 heteroatoms. The molecule has 0 aliphatic carbocycles. The maximum Gasteiger partial charge on any atom is 0.357 e. The zero-order chi connectivity index (χ0) is 18.8. The number of esters is 2. The molecular weight excluding hydrogens is 360 g/mol. The Kier molecular flexibility index (Phi) is 4.94. The highest BCUT2D eigenvalue weighted by Gasteiger charge is 2.34. The first kappa shape index (κ1) is 17.9. The van der Waals surface area contributed by atoms with Crippen molar-refractivity contribution in [1.82, 2.24) is 15.4 Å². The first-order valence-corrected chi connectivity index (χ1v) is 8.40. The van der Waals surface area contributed by atoms with E-state index in [0.717, 1.165) is 0 Å². The largest absolute Gasteiger partial charge is 0.462 e. The van der Waals surface area contributed by atoms with Crippen LogP contribution >= 0.6 is 11.6 Å². The number of aromatic nitrogens is 2. The predicted molar refractivity (Wildman–Crippen MR) is 96.3 cm³/mol. The number of anilines is 1. The van der Waals surface area contributed by atoms with Crippen LogP contribution in [0.5, 0.6) is 0 Å². The quantitative estimate of drug-likeness (QED) is 0.810. The zero-order valence-corrected chi connectivity index (χ0v) is 15.3. The second kappa shape index (κ2) is 7.17. The molecule has 0 bridgehead atoms. The summed E-state index contributed by atoms with van der Waals surface area (Å²) in [7, 11) is 1.66. The summed E-state index contributed by atoms with van der Waals surface area (Å²) < 4.78 is 10.2. The van der Waals surface area contributed by atoms with Crippen LogP contribution < -0.4 is 10.4 Å². The van der Waals surface area contributed by atoms with Crippen molar-refractivity contribution in [3.63, 3.8) is 0 Å². The standard InChI is InChI=1S/C17H17ClN4O4/c1-4-25-16(23)12-13-15(22(3)21-14(12)17(24)26-5-2)20-10-7-6-9(18)8-11(10)19-13/h6-8,21H,4-5H2,1-3H3. The maximum absolute atomic E-state index is 12.5. The number of hydrogen-bond donors (Lipinski definition) is 1. The van der Waals surface area contributed by atoms with Gasteiger partial charge in [-0.25, -0.2) is 19.6 Å². The van der Waals surface area contributed by atoms with Crippen LogP contribution in [0.15, 0.2) is 23.9 Å². The third kappa shape index (κ3) is 3.15. The molecule has 0 atom stereocenters. The van der Waals surface area contributed by atoms with Crippen molar-refractivity contribution in [2.45, 2.75) is 13.8 Å². The molecule has 1 aliphatic rings. The summed E-state index contributed by atoms with van der Waals surface area (Å²) >= 11 is 6.03. The molecule has 1 aromatic heterocycles. The molecule has 1 N–H and O–H groups in total. The van der Waals surface area contributed by atoms with Gasteiger partial charge in [-0.05, 0) is 32.0 Å². The van der Waals surface area contributed by atoms with Crippen LogP contribution in [-0.2, 0) is 19.1 Å². The molecule has 0 spiro atoms. The molecule has 136 valence electrons. The van der Waals surface area contributed by atoms with Crippen LogP contribution in [0.1, 0.15) is 19.5 Å². The Morgan fingerprint density at radius 2 is 1.81 bits per heavy atom. The molecule has 0 fully saturated rings. The van der Waals surface area contributed by atoms with Gasteiger partial charge in [0.05, 0.1) is 24.2 Å². The van der Waals surface area contributed by atoms with Crippen molar-refractivity contribution < 1.29 is 19.1 Å². The first-order valence-electron chi connectivity index (χ1n) is 8.02. The number of nitrogens with zero attached hydrogens (tertiary/aromatic N) is 3. The number of hydrazine groups is 1. The summed E-state index contributed by atoms with van der Waals surface area (Å²) in [4.78, 5) is 33.9. The maximum atomic E-state index is 12.5. The van der Waals surface area contributed by atoms with Gasteiger partial charge in [-0.2, -0.15) is 0 Å². The summed E-state index contributed by atoms with van der Waals surface area (Å²) in [5, 5.41) is 1.99. The van der Waals surface area contributed by atoms with Crippen LogP contribution in [-0.4, -0.2) is 42.2 Å². The summed E-state index contributed by atoms with van der Waals surface area (Å²) in [5.74, 6) is -0.981. The molecule has 1 aliphatic heterocycles. The molecule has 8 nitrogen and oxygen atoms in total. The topological polar surface area (TPSA) is 93.7 Å². The third-order valence-electron chi connectivity index (χ3n) is 3.65. The Morgan fingerprint density at radius 3 is 2.50 bits per heavy atom. The molecule has 2 aromatic rings.